The molecule has 1 saturated carbocycles. The molecule has 8 nitrogen and oxygen atoms in total. The molecular weight excluding hydrogens is 425 g/mol. The minimum absolute atomic E-state index is 0.0460. The molecule has 2 fully saturated rings. The molecule has 2 aliphatic rings. The summed E-state index contributed by atoms with van der Waals surface area (Å²) in [4.78, 5) is 40.9. The zero-order valence-electron chi connectivity index (χ0n) is 19.0. The van der Waals surface area contributed by atoms with Crippen molar-refractivity contribution in [2.24, 2.45) is 0 Å². The van der Waals surface area contributed by atoms with E-state index in [1.54, 1.807) is 12.3 Å². The Morgan fingerprint density at radius 3 is 2.71 bits per heavy atom. The third kappa shape index (κ3) is 4.62. The minimum Gasteiger partial charge on any atom is -0.371 e. The van der Waals surface area contributed by atoms with Gasteiger partial charge in [-0.2, -0.15) is 0 Å². The summed E-state index contributed by atoms with van der Waals surface area (Å²) >= 11 is 0. The number of nitrogens with zero attached hydrogens (tertiary/aromatic N) is 4. The Morgan fingerprint density at radius 2 is 2.00 bits per heavy atom. The Hall–Kier alpha value is -3.07. The quantitative estimate of drug-likeness (QED) is 0.524. The molecule has 2 atom stereocenters. The van der Waals surface area contributed by atoms with E-state index >= 15 is 0 Å². The van der Waals surface area contributed by atoms with Crippen LogP contribution < -0.4 is 15.8 Å². The summed E-state index contributed by atoms with van der Waals surface area (Å²) in [5.41, 5.74) is 4.55. The van der Waals surface area contributed by atoms with Crippen molar-refractivity contribution in [2.45, 2.75) is 43.6 Å². The molecule has 0 aromatic carbocycles. The van der Waals surface area contributed by atoms with Crippen molar-refractivity contribution in [1.29, 1.82) is 0 Å². The van der Waals surface area contributed by atoms with Crippen LogP contribution in [0.4, 0.5) is 5.69 Å². The van der Waals surface area contributed by atoms with Gasteiger partial charge < -0.3 is 15.2 Å². The van der Waals surface area contributed by atoms with Gasteiger partial charge in [-0.3, -0.25) is 19.5 Å². The van der Waals surface area contributed by atoms with Gasteiger partial charge in [-0.25, -0.2) is 4.98 Å². The van der Waals surface area contributed by atoms with Crippen LogP contribution in [0.5, 0.6) is 0 Å². The van der Waals surface area contributed by atoms with E-state index in [-0.39, 0.29) is 11.3 Å². The lowest BCUT2D eigenvalue weighted by atomic mass is 9.49. The highest BCUT2D eigenvalue weighted by Gasteiger charge is 2.48. The number of hydrogen-bond donors (Lipinski definition) is 2. The van der Waals surface area contributed by atoms with Gasteiger partial charge >= 0.3 is 0 Å². The number of hydrogen-bond acceptors (Lipinski definition) is 6. The van der Waals surface area contributed by atoms with E-state index in [9.17, 15) is 9.59 Å². The minimum atomic E-state index is -1.79. The first-order valence-corrected chi connectivity index (χ1v) is 11.4. The number of carbonyl (C=O) groups is 1. The molecule has 11 heteroatoms. The second-order valence-electron chi connectivity index (χ2n) is 9.08. The number of piperazine rings is 1. The van der Waals surface area contributed by atoms with Gasteiger partial charge in [-0.1, -0.05) is 12.2 Å². The number of fused-ring (bicyclic) bond motifs is 2. The van der Waals surface area contributed by atoms with Crippen LogP contribution in [0, 0.1) is 0 Å². The van der Waals surface area contributed by atoms with Gasteiger partial charge in [0.15, 0.2) is 0 Å². The Bertz CT molecular complexity index is 1290. The monoisotopic (exact) mass is 448 g/mol. The van der Waals surface area contributed by atoms with Gasteiger partial charge in [0.1, 0.15) is 5.69 Å². The summed E-state index contributed by atoms with van der Waals surface area (Å²) in [5.74, 6) is -0.524. The molecule has 5 rings (SSSR count). The van der Waals surface area contributed by atoms with E-state index in [2.05, 4.69) is 30.1 Å². The van der Waals surface area contributed by atoms with Crippen molar-refractivity contribution in [3.8, 4) is 0 Å². The second kappa shape index (κ2) is 8.62. The number of rotatable bonds is 6. The number of carbonyl (C=O) groups excluding carboxylic acids is 1. The van der Waals surface area contributed by atoms with Crippen LogP contribution in [0.3, 0.4) is 0 Å². The molecule has 0 bridgehead atoms. The molecule has 1 amide bonds. The largest absolute Gasteiger partial charge is 0.371 e. The first-order valence-electron chi connectivity index (χ1n) is 11.4. The maximum atomic E-state index is 12.2. The van der Waals surface area contributed by atoms with Crippen molar-refractivity contribution in [2.75, 3.05) is 18.0 Å². The van der Waals surface area contributed by atoms with Gasteiger partial charge in [0.05, 0.1) is 46.5 Å². The number of pyridine rings is 3. The standard InChI is InChI=1S/C23H23B3N6O2/c1-2-14-8-17-18(29-21(14)33)7-13(10-27-17)12-31-5-6-32(20-9-19(20)31)15-3-4-16(28-11-15)22(34)30-23(24,25)26/h3-4,7-8,10-11,19-20H,2,5-6,9,12H2,1H3,(H,29,33)(H,30,34)/t19-,20+/m0/s1. The maximum absolute atomic E-state index is 12.2. The first kappa shape index (κ1) is 22.7. The van der Waals surface area contributed by atoms with Gasteiger partial charge in [0.2, 0.25) is 0 Å². The lowest BCUT2D eigenvalue weighted by Gasteiger charge is -2.35. The number of H-pyrrole nitrogens is 1. The van der Waals surface area contributed by atoms with Crippen LogP contribution in [0.2, 0.25) is 0 Å². The fourth-order valence-corrected chi connectivity index (χ4v) is 4.68. The van der Waals surface area contributed by atoms with Crippen LogP contribution in [0.1, 0.15) is 35.0 Å². The molecule has 3 aromatic rings. The highest BCUT2D eigenvalue weighted by molar-refractivity contribution is 6.60. The number of anilines is 1. The Balaban J connectivity index is 1.24. The van der Waals surface area contributed by atoms with Crippen molar-refractivity contribution < 1.29 is 4.79 Å². The predicted molar refractivity (Wildman–Crippen MR) is 133 cm³/mol. The van der Waals surface area contributed by atoms with Crippen LogP contribution in [-0.2, 0) is 13.0 Å². The highest BCUT2D eigenvalue weighted by atomic mass is 16.2. The molecule has 2 N–H and O–H groups in total. The summed E-state index contributed by atoms with van der Waals surface area (Å²) in [5, 5.41) is 0.499. The molecule has 0 unspecified atom stereocenters. The average molecular weight is 448 g/mol. The third-order valence-corrected chi connectivity index (χ3v) is 6.46. The second-order valence-corrected chi connectivity index (χ2v) is 9.08. The van der Waals surface area contributed by atoms with Gasteiger partial charge in [0, 0.05) is 43.5 Å². The molecular formula is C23H23B3N6O2. The smallest absolute Gasteiger partial charge is 0.268 e. The predicted octanol–water partition coefficient (Wildman–Crippen LogP) is 0.190. The molecule has 4 heterocycles. The van der Waals surface area contributed by atoms with Crippen molar-refractivity contribution in [1.82, 2.24) is 25.2 Å². The zero-order chi connectivity index (χ0) is 24.0. The normalized spacial score (nSPS) is 20.2. The maximum Gasteiger partial charge on any atom is 0.268 e. The number of aryl methyl sites for hydroxylation is 1. The van der Waals surface area contributed by atoms with Crippen molar-refractivity contribution >= 4 is 46.2 Å². The van der Waals surface area contributed by atoms with E-state index in [0.717, 1.165) is 53.9 Å². The molecule has 1 saturated heterocycles. The van der Waals surface area contributed by atoms with E-state index in [0.29, 0.717) is 18.5 Å². The SMILES string of the molecule is [B]C([B])([B])NC(=O)c1ccc(N2CCN(Cc3cnc4cc(CC)c(=O)[nH]c4c3)[C@H]3C[C@H]32)cn1. The van der Waals surface area contributed by atoms with Gasteiger partial charge in [-0.15, -0.1) is 0 Å². The number of amides is 1. The van der Waals surface area contributed by atoms with Crippen LogP contribution in [0.25, 0.3) is 11.0 Å². The van der Waals surface area contributed by atoms with E-state index in [1.807, 2.05) is 31.3 Å². The third-order valence-electron chi connectivity index (χ3n) is 6.46. The number of aromatic nitrogens is 3. The molecule has 0 spiro atoms. The lowest BCUT2D eigenvalue weighted by Crippen LogP contribution is -2.50. The lowest BCUT2D eigenvalue weighted by molar-refractivity contribution is 0.0947. The number of nitrogens with one attached hydrogen (secondary N) is 2. The highest BCUT2D eigenvalue weighted by Crippen LogP contribution is 2.40. The molecule has 1 aliphatic heterocycles. The summed E-state index contributed by atoms with van der Waals surface area (Å²) in [6.07, 6.45) is 5.34. The van der Waals surface area contributed by atoms with E-state index in [4.69, 9.17) is 23.5 Å². The average Bonchev–Trinajstić information content (AvgIpc) is 3.59. The Morgan fingerprint density at radius 1 is 1.18 bits per heavy atom. The fourth-order valence-electron chi connectivity index (χ4n) is 4.68. The molecule has 6 radical (unpaired) electrons. The summed E-state index contributed by atoms with van der Waals surface area (Å²) in [6.45, 7) is 4.49. The molecule has 3 aromatic heterocycles. The molecule has 34 heavy (non-hydrogen) atoms. The van der Waals surface area contributed by atoms with Gasteiger partial charge in [-0.05, 0) is 42.7 Å². The Labute approximate surface area is 201 Å². The van der Waals surface area contributed by atoms with Crippen LogP contribution in [0.15, 0.2) is 41.5 Å². The molecule has 166 valence electrons. The van der Waals surface area contributed by atoms with Crippen molar-refractivity contribution in [3.05, 3.63) is 63.8 Å². The van der Waals surface area contributed by atoms with Crippen LogP contribution >= 0.6 is 0 Å². The van der Waals surface area contributed by atoms with E-state index < -0.39 is 11.1 Å². The fraction of sp³-hybridized carbons (Fsp3) is 0.391. The zero-order valence-corrected chi connectivity index (χ0v) is 19.0. The van der Waals surface area contributed by atoms with E-state index in [1.165, 1.54) is 0 Å². The molecule has 1 aliphatic carbocycles. The van der Waals surface area contributed by atoms with Crippen molar-refractivity contribution in [3.63, 3.8) is 0 Å². The summed E-state index contributed by atoms with van der Waals surface area (Å²) in [6, 6.07) is 8.27. The number of aromatic amines is 1. The summed E-state index contributed by atoms with van der Waals surface area (Å²) < 4.78 is 0. The Kier molecular flexibility index (Phi) is 5.76. The first-order chi connectivity index (χ1) is 16.2. The van der Waals surface area contributed by atoms with Crippen LogP contribution in [-0.4, -0.2) is 79.7 Å². The topological polar surface area (TPSA) is 94.2 Å². The van der Waals surface area contributed by atoms with Gasteiger partial charge in [0.25, 0.3) is 11.5 Å². The summed E-state index contributed by atoms with van der Waals surface area (Å²) in [7, 11) is 16.3.